The minimum Gasteiger partial charge on any atom is -0.481 e. The second kappa shape index (κ2) is 8.90. The number of nitrogens with one attached hydrogen (secondary N) is 1. The van der Waals surface area contributed by atoms with Crippen molar-refractivity contribution in [2.75, 3.05) is 5.32 Å². The number of ketones is 1. The molecule has 33 heavy (non-hydrogen) atoms. The molecule has 1 amide bonds. The number of benzene rings is 3. The number of ether oxygens (including phenoxy) is 1. The van der Waals surface area contributed by atoms with Gasteiger partial charge in [-0.2, -0.15) is 0 Å². The van der Waals surface area contributed by atoms with E-state index in [1.807, 2.05) is 32.0 Å². The topological polar surface area (TPSA) is 68.5 Å². The number of rotatable bonds is 6. The van der Waals surface area contributed by atoms with Gasteiger partial charge in [0.2, 0.25) is 5.78 Å². The lowest BCUT2D eigenvalue weighted by Crippen LogP contribution is -2.30. The van der Waals surface area contributed by atoms with Gasteiger partial charge in [0.15, 0.2) is 11.9 Å². The monoisotopic (exact) mass is 445 g/mol. The van der Waals surface area contributed by atoms with Crippen LogP contribution in [0.1, 0.15) is 39.7 Å². The Balaban J connectivity index is 1.65. The first-order valence-corrected chi connectivity index (χ1v) is 10.6. The summed E-state index contributed by atoms with van der Waals surface area (Å²) in [5.41, 5.74) is 3.28. The van der Waals surface area contributed by atoms with Crippen molar-refractivity contribution >= 4 is 28.3 Å². The van der Waals surface area contributed by atoms with E-state index < -0.39 is 23.6 Å². The molecule has 0 aliphatic rings. The number of furan rings is 1. The third-order valence-corrected chi connectivity index (χ3v) is 5.36. The van der Waals surface area contributed by atoms with Crippen molar-refractivity contribution in [2.45, 2.75) is 33.8 Å². The standard InChI is InChI=1S/C27H24FNO4/c1-15-11-16(2)13-20(12-15)32-18(4)27(31)29-24-21-7-5-6-8-23(21)33-26(24)25(30)19-10-9-17(3)22(28)14-19/h5-14,18H,1-4H3,(H,29,31). The molecule has 1 aromatic heterocycles. The number of carbonyl (C=O) groups excluding carboxylic acids is 2. The highest BCUT2D eigenvalue weighted by atomic mass is 19.1. The van der Waals surface area contributed by atoms with Crippen LogP contribution in [-0.4, -0.2) is 17.8 Å². The first kappa shape index (κ1) is 22.3. The Morgan fingerprint density at radius 2 is 1.67 bits per heavy atom. The molecule has 0 bridgehead atoms. The van der Waals surface area contributed by atoms with E-state index in [-0.39, 0.29) is 17.0 Å². The molecule has 1 heterocycles. The summed E-state index contributed by atoms with van der Waals surface area (Å²) in [5, 5.41) is 3.36. The van der Waals surface area contributed by atoms with E-state index in [0.717, 1.165) is 11.1 Å². The van der Waals surface area contributed by atoms with E-state index in [1.54, 1.807) is 38.1 Å². The minimum atomic E-state index is -0.834. The fraction of sp³-hybridized carbons (Fsp3) is 0.185. The fourth-order valence-corrected chi connectivity index (χ4v) is 3.68. The van der Waals surface area contributed by atoms with Crippen LogP contribution < -0.4 is 10.1 Å². The first-order chi connectivity index (χ1) is 15.7. The average molecular weight is 445 g/mol. The number of halogens is 1. The van der Waals surface area contributed by atoms with Crippen molar-refractivity contribution in [1.29, 1.82) is 0 Å². The molecule has 0 aliphatic heterocycles. The number of para-hydroxylation sites is 1. The summed E-state index contributed by atoms with van der Waals surface area (Å²) in [4.78, 5) is 26.2. The highest BCUT2D eigenvalue weighted by molar-refractivity contribution is 6.17. The molecule has 4 aromatic rings. The van der Waals surface area contributed by atoms with Crippen molar-refractivity contribution < 1.29 is 23.1 Å². The molecule has 0 fully saturated rings. The van der Waals surface area contributed by atoms with Crippen LogP contribution in [0.3, 0.4) is 0 Å². The summed E-state index contributed by atoms with van der Waals surface area (Å²) in [6, 6.07) is 16.9. The van der Waals surface area contributed by atoms with E-state index in [9.17, 15) is 14.0 Å². The molecule has 0 saturated heterocycles. The Morgan fingerprint density at radius 1 is 0.970 bits per heavy atom. The average Bonchev–Trinajstić information content (AvgIpc) is 3.12. The number of carbonyl (C=O) groups is 2. The largest absolute Gasteiger partial charge is 0.481 e. The van der Waals surface area contributed by atoms with E-state index in [2.05, 4.69) is 5.32 Å². The highest BCUT2D eigenvalue weighted by Gasteiger charge is 2.26. The van der Waals surface area contributed by atoms with Gasteiger partial charge in [0.05, 0.1) is 5.69 Å². The molecule has 0 aliphatic carbocycles. The zero-order valence-electron chi connectivity index (χ0n) is 18.9. The number of hydrogen-bond donors (Lipinski definition) is 1. The van der Waals surface area contributed by atoms with Gasteiger partial charge in [-0.3, -0.25) is 9.59 Å². The fourth-order valence-electron chi connectivity index (χ4n) is 3.68. The van der Waals surface area contributed by atoms with Gasteiger partial charge < -0.3 is 14.5 Å². The molecule has 0 spiro atoms. The first-order valence-electron chi connectivity index (χ1n) is 10.6. The van der Waals surface area contributed by atoms with E-state index in [0.29, 0.717) is 22.3 Å². The minimum absolute atomic E-state index is 0.0635. The highest BCUT2D eigenvalue weighted by Crippen LogP contribution is 2.33. The SMILES string of the molecule is Cc1cc(C)cc(OC(C)C(=O)Nc2c(C(=O)c3ccc(C)c(F)c3)oc3ccccc23)c1. The van der Waals surface area contributed by atoms with Gasteiger partial charge in [0.1, 0.15) is 17.1 Å². The molecule has 5 nitrogen and oxygen atoms in total. The lowest BCUT2D eigenvalue weighted by atomic mass is 10.0. The lowest BCUT2D eigenvalue weighted by molar-refractivity contribution is -0.122. The zero-order chi connectivity index (χ0) is 23.7. The number of amides is 1. The number of hydrogen-bond acceptors (Lipinski definition) is 4. The maximum Gasteiger partial charge on any atom is 0.265 e. The van der Waals surface area contributed by atoms with Crippen LogP contribution in [0, 0.1) is 26.6 Å². The molecule has 1 unspecified atom stereocenters. The summed E-state index contributed by atoms with van der Waals surface area (Å²) in [6.07, 6.45) is -0.834. The van der Waals surface area contributed by atoms with E-state index >= 15 is 0 Å². The Morgan fingerprint density at radius 3 is 2.36 bits per heavy atom. The normalized spacial score (nSPS) is 11.9. The summed E-state index contributed by atoms with van der Waals surface area (Å²) in [5.74, 6) is -0.934. The van der Waals surface area contributed by atoms with Crippen molar-refractivity contribution in [3.05, 3.63) is 94.5 Å². The van der Waals surface area contributed by atoms with E-state index in [4.69, 9.17) is 9.15 Å². The van der Waals surface area contributed by atoms with Crippen LogP contribution in [0.2, 0.25) is 0 Å². The van der Waals surface area contributed by atoms with Crippen molar-refractivity contribution in [2.24, 2.45) is 0 Å². The van der Waals surface area contributed by atoms with Crippen LogP contribution in [0.5, 0.6) is 5.75 Å². The predicted octanol–water partition coefficient (Wildman–Crippen LogP) is 6.13. The maximum absolute atomic E-state index is 14.1. The Bertz CT molecular complexity index is 1350. The van der Waals surface area contributed by atoms with Crippen LogP contribution >= 0.6 is 0 Å². The smallest absolute Gasteiger partial charge is 0.265 e. The van der Waals surface area contributed by atoms with Crippen molar-refractivity contribution in [1.82, 2.24) is 0 Å². The van der Waals surface area contributed by atoms with Gasteiger partial charge in [-0.1, -0.05) is 30.3 Å². The van der Waals surface area contributed by atoms with Crippen molar-refractivity contribution in [3.8, 4) is 5.75 Å². The van der Waals surface area contributed by atoms with Crippen LogP contribution in [0.4, 0.5) is 10.1 Å². The number of fused-ring (bicyclic) bond motifs is 1. The molecular formula is C27H24FNO4. The molecule has 1 N–H and O–H groups in total. The third-order valence-electron chi connectivity index (χ3n) is 5.36. The molecule has 1 atom stereocenters. The van der Waals surface area contributed by atoms with Gasteiger partial charge in [-0.15, -0.1) is 0 Å². The van der Waals surface area contributed by atoms with Crippen LogP contribution in [-0.2, 0) is 4.79 Å². The number of anilines is 1. The Labute approximate surface area is 191 Å². The number of aryl methyl sites for hydroxylation is 3. The van der Waals surface area contributed by atoms with Gasteiger partial charge in [0.25, 0.3) is 5.91 Å². The molecule has 3 aromatic carbocycles. The predicted molar refractivity (Wildman–Crippen MR) is 125 cm³/mol. The van der Waals surface area contributed by atoms with Crippen LogP contribution in [0.15, 0.2) is 65.1 Å². The van der Waals surface area contributed by atoms with Gasteiger partial charge in [0, 0.05) is 10.9 Å². The molecule has 0 saturated carbocycles. The van der Waals surface area contributed by atoms with Gasteiger partial charge >= 0.3 is 0 Å². The second-order valence-corrected chi connectivity index (χ2v) is 8.17. The maximum atomic E-state index is 14.1. The Hall–Kier alpha value is -3.93. The van der Waals surface area contributed by atoms with Gasteiger partial charge in [-0.25, -0.2) is 4.39 Å². The van der Waals surface area contributed by atoms with Crippen molar-refractivity contribution in [3.63, 3.8) is 0 Å². The zero-order valence-corrected chi connectivity index (χ0v) is 18.9. The van der Waals surface area contributed by atoms with Crippen LogP contribution in [0.25, 0.3) is 11.0 Å². The lowest BCUT2D eigenvalue weighted by Gasteiger charge is -2.16. The van der Waals surface area contributed by atoms with Gasteiger partial charge in [-0.05, 0) is 74.7 Å². The third kappa shape index (κ3) is 4.65. The molecule has 6 heteroatoms. The summed E-state index contributed by atoms with van der Waals surface area (Å²) in [7, 11) is 0. The summed E-state index contributed by atoms with van der Waals surface area (Å²) < 4.78 is 25.7. The summed E-state index contributed by atoms with van der Waals surface area (Å²) >= 11 is 0. The molecule has 4 rings (SSSR count). The summed E-state index contributed by atoms with van der Waals surface area (Å²) in [6.45, 7) is 7.15. The quantitative estimate of drug-likeness (QED) is 0.362. The van der Waals surface area contributed by atoms with E-state index in [1.165, 1.54) is 18.2 Å². The molecule has 0 radical (unpaired) electrons. The molecular weight excluding hydrogens is 421 g/mol. The Kier molecular flexibility index (Phi) is 6.01. The second-order valence-electron chi connectivity index (χ2n) is 8.17. The molecule has 168 valence electrons.